The molecule has 222 valence electrons. The average molecular weight is 693 g/mol. The number of aliphatic hydroxyl groups is 1. The predicted octanol–water partition coefficient (Wildman–Crippen LogP) is 1.16. The molecule has 0 aliphatic heterocycles. The molecule has 1 aromatic carbocycles. The lowest BCUT2D eigenvalue weighted by Gasteiger charge is -2.48. The van der Waals surface area contributed by atoms with Crippen molar-refractivity contribution in [1.29, 1.82) is 0 Å². The van der Waals surface area contributed by atoms with Gasteiger partial charge in [0.1, 0.15) is 5.75 Å². The molecule has 2 fully saturated rings. The van der Waals surface area contributed by atoms with Crippen molar-refractivity contribution in [1.82, 2.24) is 0 Å². The first-order chi connectivity index (χ1) is 19.8. The number of nitrogens with two attached hydrogens (primary N) is 1. The molecule has 0 spiro atoms. The summed E-state index contributed by atoms with van der Waals surface area (Å²) in [6.45, 7) is 3.38. The Balaban J connectivity index is 1.81. The van der Waals surface area contributed by atoms with Crippen molar-refractivity contribution >= 4 is 69.6 Å². The van der Waals surface area contributed by atoms with Crippen LogP contribution in [0.3, 0.4) is 0 Å². The Morgan fingerprint density at radius 1 is 1.05 bits per heavy atom. The number of Topliss-reactive ketones (excluding diaryl/α,β-unsaturated/α-hetero) is 4. The molecule has 42 heavy (non-hydrogen) atoms. The number of carbonyl (C=O) groups excluding carboxylic acids is 7. The Kier molecular flexibility index (Phi) is 8.83. The van der Waals surface area contributed by atoms with Gasteiger partial charge in [-0.05, 0) is 84.5 Å². The van der Waals surface area contributed by atoms with E-state index in [-0.39, 0.29) is 40.8 Å². The van der Waals surface area contributed by atoms with E-state index in [1.54, 1.807) is 36.4 Å². The Morgan fingerprint density at radius 3 is 2.31 bits per heavy atom. The number of carbonyl (C=O) groups is 7. The van der Waals surface area contributed by atoms with Crippen LogP contribution >= 0.6 is 22.6 Å². The van der Waals surface area contributed by atoms with Crippen molar-refractivity contribution in [3.63, 3.8) is 0 Å². The normalized spacial score (nSPS) is 27.5. The first-order valence-electron chi connectivity index (χ1n) is 13.2. The minimum Gasteiger partial charge on any atom is -0.507 e. The SMILES string of the molecule is CCOC(=O)C(I)=CC(=Cc1ccc(O)c2c1C[C@H]1C[C@H]3CC(=O)C(C(N)=O)C(=O)[C@@]3(O)C(=O)C1C2=O)C(=O)OCC. The maximum absolute atomic E-state index is 13.8. The lowest BCUT2D eigenvalue weighted by atomic mass is 9.53. The van der Waals surface area contributed by atoms with Crippen molar-refractivity contribution in [3.05, 3.63) is 44.1 Å². The van der Waals surface area contributed by atoms with Gasteiger partial charge in [0.2, 0.25) is 5.91 Å². The second-order valence-electron chi connectivity index (χ2n) is 10.3. The maximum atomic E-state index is 13.8. The third-order valence-electron chi connectivity index (χ3n) is 7.90. The van der Waals surface area contributed by atoms with Crippen LogP contribution in [0.2, 0.25) is 0 Å². The standard InChI is InChI=1S/C29H28INO11/c1-3-41-27(38)14(10-17(30)28(39)42-4-2)7-12-5-6-18(32)21-16(12)9-13-8-15-11-19(33)22(26(31)37)25(36)29(15,40)24(35)20(13)23(21)34/h5-7,10,13,15,20,22,32,40H,3-4,8-9,11H2,1-2H3,(H2,31,37)/t13-,15+,20?,22?,29+/m1/s1. The van der Waals surface area contributed by atoms with Crippen LogP contribution in [0.4, 0.5) is 0 Å². The van der Waals surface area contributed by atoms with Crippen molar-refractivity contribution in [3.8, 4) is 5.75 Å². The van der Waals surface area contributed by atoms with Crippen LogP contribution in [0.15, 0.2) is 27.4 Å². The topological polar surface area (TPSA) is 204 Å². The minimum absolute atomic E-state index is 0.0146. The highest BCUT2D eigenvalue weighted by Crippen LogP contribution is 2.50. The molecule has 0 saturated heterocycles. The van der Waals surface area contributed by atoms with E-state index >= 15 is 0 Å². The van der Waals surface area contributed by atoms with E-state index in [9.17, 15) is 43.8 Å². The number of rotatable bonds is 7. The monoisotopic (exact) mass is 693 g/mol. The molecule has 4 rings (SSSR count). The summed E-state index contributed by atoms with van der Waals surface area (Å²) < 4.78 is 10.2. The van der Waals surface area contributed by atoms with Crippen molar-refractivity contribution in [2.45, 2.75) is 38.7 Å². The Morgan fingerprint density at radius 2 is 1.69 bits per heavy atom. The van der Waals surface area contributed by atoms with E-state index in [0.717, 1.165) is 0 Å². The van der Waals surface area contributed by atoms with Crippen LogP contribution in [0.1, 0.15) is 48.2 Å². The molecule has 5 atom stereocenters. The molecule has 2 saturated carbocycles. The summed E-state index contributed by atoms with van der Waals surface area (Å²) in [6, 6.07) is 2.65. The number of phenols is 1. The van der Waals surface area contributed by atoms with Crippen molar-refractivity contribution in [2.24, 2.45) is 29.4 Å². The van der Waals surface area contributed by atoms with Gasteiger partial charge in [-0.1, -0.05) is 6.07 Å². The third-order valence-corrected chi connectivity index (χ3v) is 8.65. The van der Waals surface area contributed by atoms with E-state index in [1.165, 1.54) is 24.3 Å². The van der Waals surface area contributed by atoms with Crippen LogP contribution in [0.25, 0.3) is 6.08 Å². The number of esters is 2. The number of phenolic OH excluding ortho intramolecular Hbond substituents is 1. The molecule has 0 bridgehead atoms. The van der Waals surface area contributed by atoms with Gasteiger partial charge >= 0.3 is 11.9 Å². The number of hydrogen-bond donors (Lipinski definition) is 3. The van der Waals surface area contributed by atoms with E-state index in [0.29, 0.717) is 11.1 Å². The molecular formula is C29H28INO11. The molecule has 2 unspecified atom stereocenters. The second kappa shape index (κ2) is 11.9. The van der Waals surface area contributed by atoms with Crippen molar-refractivity contribution in [2.75, 3.05) is 13.2 Å². The van der Waals surface area contributed by atoms with Gasteiger partial charge in [-0.25, -0.2) is 9.59 Å². The zero-order chi connectivity index (χ0) is 31.1. The van der Waals surface area contributed by atoms with Gasteiger partial charge in [0.05, 0.1) is 33.8 Å². The fourth-order valence-corrected chi connectivity index (χ4v) is 6.55. The van der Waals surface area contributed by atoms with Gasteiger partial charge in [0.25, 0.3) is 0 Å². The number of halogens is 1. The zero-order valence-corrected chi connectivity index (χ0v) is 24.8. The highest BCUT2D eigenvalue weighted by molar-refractivity contribution is 14.1. The molecule has 13 heteroatoms. The second-order valence-corrected chi connectivity index (χ2v) is 11.5. The molecule has 0 radical (unpaired) electrons. The summed E-state index contributed by atoms with van der Waals surface area (Å²) in [5.41, 5.74) is 2.80. The summed E-state index contributed by atoms with van der Waals surface area (Å²) in [7, 11) is 0. The van der Waals surface area contributed by atoms with Gasteiger partial charge in [0, 0.05) is 12.3 Å². The molecular weight excluding hydrogens is 665 g/mol. The van der Waals surface area contributed by atoms with Gasteiger partial charge in [-0.3, -0.25) is 24.0 Å². The first-order valence-corrected chi connectivity index (χ1v) is 14.3. The molecule has 0 heterocycles. The summed E-state index contributed by atoms with van der Waals surface area (Å²) in [6.07, 6.45) is 2.13. The largest absolute Gasteiger partial charge is 0.507 e. The molecule has 0 aromatic heterocycles. The number of amides is 1. The quantitative estimate of drug-likeness (QED) is 0.122. The van der Waals surface area contributed by atoms with E-state index < -0.39 is 82.4 Å². The number of aromatic hydroxyl groups is 1. The molecule has 1 amide bonds. The first kappa shape index (κ1) is 31.2. The lowest BCUT2D eigenvalue weighted by Crippen LogP contribution is -2.68. The molecule has 1 aromatic rings. The van der Waals surface area contributed by atoms with Crippen molar-refractivity contribution < 1.29 is 53.2 Å². The average Bonchev–Trinajstić information content (AvgIpc) is 2.91. The number of fused-ring (bicyclic) bond motifs is 3. The van der Waals surface area contributed by atoms with Crippen LogP contribution in [-0.2, 0) is 44.7 Å². The number of hydrogen-bond acceptors (Lipinski definition) is 11. The zero-order valence-electron chi connectivity index (χ0n) is 22.7. The van der Waals surface area contributed by atoms with Crippen LogP contribution in [-0.4, -0.2) is 70.0 Å². The van der Waals surface area contributed by atoms with Gasteiger partial charge in [0.15, 0.2) is 34.7 Å². The number of primary amides is 1. The predicted molar refractivity (Wildman–Crippen MR) is 152 cm³/mol. The fourth-order valence-electron chi connectivity index (χ4n) is 6.06. The fraction of sp³-hybridized carbons (Fsp3) is 0.414. The van der Waals surface area contributed by atoms with Gasteiger partial charge in [-0.2, -0.15) is 0 Å². The van der Waals surface area contributed by atoms with Crippen LogP contribution in [0.5, 0.6) is 5.75 Å². The molecule has 12 nitrogen and oxygen atoms in total. The smallest absolute Gasteiger partial charge is 0.344 e. The summed E-state index contributed by atoms with van der Waals surface area (Å²) in [5, 5.41) is 22.0. The Bertz CT molecular complexity index is 1490. The van der Waals surface area contributed by atoms with E-state index in [4.69, 9.17) is 15.2 Å². The Hall–Kier alpha value is -3.72. The minimum atomic E-state index is -2.75. The summed E-state index contributed by atoms with van der Waals surface area (Å²) in [5.74, 6) is -12.7. The van der Waals surface area contributed by atoms with E-state index in [2.05, 4.69) is 0 Å². The van der Waals surface area contributed by atoms with Gasteiger partial charge < -0.3 is 25.4 Å². The van der Waals surface area contributed by atoms with Gasteiger partial charge in [-0.15, -0.1) is 0 Å². The third kappa shape index (κ3) is 5.19. The number of ether oxygens (including phenoxy) is 2. The van der Waals surface area contributed by atoms with E-state index in [1.807, 2.05) is 0 Å². The molecule has 3 aliphatic rings. The Labute approximate surface area is 253 Å². The number of ketones is 4. The maximum Gasteiger partial charge on any atom is 0.344 e. The molecule has 4 N–H and O–H groups in total. The highest BCUT2D eigenvalue weighted by Gasteiger charge is 2.66. The summed E-state index contributed by atoms with van der Waals surface area (Å²) >= 11 is 1.72. The van der Waals surface area contributed by atoms with Crippen LogP contribution in [0, 0.1) is 23.7 Å². The number of benzene rings is 1. The lowest BCUT2D eigenvalue weighted by molar-refractivity contribution is -0.175. The highest BCUT2D eigenvalue weighted by atomic mass is 127. The van der Waals surface area contributed by atoms with Crippen LogP contribution < -0.4 is 5.73 Å². The molecule has 3 aliphatic carbocycles. The summed E-state index contributed by atoms with van der Waals surface area (Å²) in [4.78, 5) is 89.8.